The largest absolute Gasteiger partial charge is 0.743 e. The minimum atomic E-state index is -6.63. The first kappa shape index (κ1) is 26.6. The third kappa shape index (κ3) is 3.98. The highest BCUT2D eigenvalue weighted by molar-refractivity contribution is 7.86. The molecule has 4 saturated carbocycles. The molecule has 192 valence electrons. The van der Waals surface area contributed by atoms with Gasteiger partial charge in [-0.25, -0.2) is 8.42 Å². The lowest BCUT2D eigenvalue weighted by molar-refractivity contribution is -0.264. The molecule has 2 atom stereocenters. The van der Waals surface area contributed by atoms with Crippen molar-refractivity contribution in [3.8, 4) is 0 Å². The van der Waals surface area contributed by atoms with E-state index in [2.05, 4.69) is 0 Å². The molecule has 0 aliphatic heterocycles. The van der Waals surface area contributed by atoms with Crippen molar-refractivity contribution in [1.29, 1.82) is 0 Å². The third-order valence-corrected chi connectivity index (χ3v) is 9.41. The van der Waals surface area contributed by atoms with Gasteiger partial charge in [0.05, 0.1) is 29.6 Å². The Morgan fingerprint density at radius 3 is 1.82 bits per heavy atom. The average Bonchev–Trinajstić information content (AvgIpc) is 2.57. The molecule has 2 unspecified atom stereocenters. The van der Waals surface area contributed by atoms with E-state index in [9.17, 15) is 45.5 Å². The molecule has 0 heterocycles. The van der Waals surface area contributed by atoms with Gasteiger partial charge in [0.1, 0.15) is 0 Å². The van der Waals surface area contributed by atoms with E-state index in [4.69, 9.17) is 4.74 Å². The number of carbonyl (C=O) groups excluding carboxylic acids is 1. The first-order chi connectivity index (χ1) is 14.5. The van der Waals surface area contributed by atoms with Crippen molar-refractivity contribution in [1.82, 2.24) is 0 Å². The van der Waals surface area contributed by atoms with E-state index in [1.807, 2.05) is 0 Å². The standard InChI is InChI=1S/C21H32F4O7S/c1-15(2,27)18-8-13-7-17(10-18,11-19(9-13,12-18)16(3,4)28)14(26)32-6-5-20(22,23)21(24,25)33(29,30)31/h13,27-28H,5-12H2,1-4H3,(H,29,30,31)/p-1. The number of halogens is 4. The molecule has 0 aromatic carbocycles. The van der Waals surface area contributed by atoms with Crippen molar-refractivity contribution in [2.75, 3.05) is 6.61 Å². The van der Waals surface area contributed by atoms with E-state index in [-0.39, 0.29) is 18.8 Å². The highest BCUT2D eigenvalue weighted by atomic mass is 32.2. The second-order valence-electron chi connectivity index (χ2n) is 11.5. The molecule has 7 nitrogen and oxygen atoms in total. The lowest BCUT2D eigenvalue weighted by Crippen LogP contribution is -2.68. The zero-order valence-electron chi connectivity index (χ0n) is 19.1. The van der Waals surface area contributed by atoms with Crippen LogP contribution in [0.3, 0.4) is 0 Å². The first-order valence-corrected chi connectivity index (χ1v) is 12.3. The fourth-order valence-corrected chi connectivity index (χ4v) is 7.25. The Hall–Kier alpha value is -0.980. The summed E-state index contributed by atoms with van der Waals surface area (Å²) in [5.74, 6) is -6.17. The summed E-state index contributed by atoms with van der Waals surface area (Å²) in [6, 6.07) is 0. The van der Waals surface area contributed by atoms with Gasteiger partial charge in [0.2, 0.25) is 0 Å². The van der Waals surface area contributed by atoms with Gasteiger partial charge < -0.3 is 19.5 Å². The molecule has 4 rings (SSSR count). The van der Waals surface area contributed by atoms with Crippen LogP contribution in [0.5, 0.6) is 0 Å². The van der Waals surface area contributed by atoms with Crippen LogP contribution in [0.4, 0.5) is 17.6 Å². The van der Waals surface area contributed by atoms with Gasteiger partial charge in [0.25, 0.3) is 0 Å². The van der Waals surface area contributed by atoms with Crippen LogP contribution in [0.25, 0.3) is 0 Å². The first-order valence-electron chi connectivity index (χ1n) is 10.9. The minimum absolute atomic E-state index is 0.0389. The predicted octanol–water partition coefficient (Wildman–Crippen LogP) is 3.19. The van der Waals surface area contributed by atoms with Crippen molar-refractivity contribution in [2.24, 2.45) is 22.2 Å². The van der Waals surface area contributed by atoms with E-state index in [1.54, 1.807) is 27.7 Å². The van der Waals surface area contributed by atoms with E-state index in [0.717, 1.165) is 0 Å². The molecule has 4 bridgehead atoms. The molecule has 0 aromatic rings. The Bertz CT molecular complexity index is 890. The second-order valence-corrected chi connectivity index (χ2v) is 12.9. The van der Waals surface area contributed by atoms with Crippen molar-refractivity contribution < 1.29 is 50.3 Å². The molecular formula is C21H31F4O7S-. The molecular weight excluding hydrogens is 472 g/mol. The van der Waals surface area contributed by atoms with Crippen molar-refractivity contribution in [3.05, 3.63) is 0 Å². The molecule has 33 heavy (non-hydrogen) atoms. The highest BCUT2D eigenvalue weighted by Gasteiger charge is 2.72. The fourth-order valence-electron chi connectivity index (χ4n) is 6.78. The molecule has 4 aliphatic rings. The molecule has 2 N–H and O–H groups in total. The highest BCUT2D eigenvalue weighted by Crippen LogP contribution is 2.74. The Morgan fingerprint density at radius 1 is 0.970 bits per heavy atom. The zero-order chi connectivity index (χ0) is 25.5. The number of alkyl halides is 4. The Morgan fingerprint density at radius 2 is 1.42 bits per heavy atom. The number of hydrogen-bond donors (Lipinski definition) is 2. The fraction of sp³-hybridized carbons (Fsp3) is 0.952. The van der Waals surface area contributed by atoms with Gasteiger partial charge in [-0.1, -0.05) is 0 Å². The lowest BCUT2D eigenvalue weighted by atomic mass is 9.35. The maximum Gasteiger partial charge on any atom is 0.396 e. The number of carbonyl (C=O) groups is 1. The van der Waals surface area contributed by atoms with Gasteiger partial charge in [-0.3, -0.25) is 4.79 Å². The van der Waals surface area contributed by atoms with Gasteiger partial charge in [-0.05, 0) is 72.1 Å². The molecule has 0 amide bonds. The van der Waals surface area contributed by atoms with Gasteiger partial charge in [0, 0.05) is 10.8 Å². The van der Waals surface area contributed by atoms with Crippen LogP contribution >= 0.6 is 0 Å². The van der Waals surface area contributed by atoms with Crippen LogP contribution < -0.4 is 0 Å². The lowest BCUT2D eigenvalue weighted by Gasteiger charge is -2.70. The summed E-state index contributed by atoms with van der Waals surface area (Å²) in [6.45, 7) is 5.30. The number of rotatable bonds is 8. The van der Waals surface area contributed by atoms with Crippen LogP contribution in [0.2, 0.25) is 0 Å². The van der Waals surface area contributed by atoms with Crippen molar-refractivity contribution in [2.45, 2.75) is 95.0 Å². The van der Waals surface area contributed by atoms with Crippen LogP contribution in [-0.2, 0) is 19.6 Å². The summed E-state index contributed by atoms with van der Waals surface area (Å²) >= 11 is 0. The smallest absolute Gasteiger partial charge is 0.396 e. The van der Waals surface area contributed by atoms with Crippen LogP contribution in [0, 0.1) is 22.2 Å². The van der Waals surface area contributed by atoms with Gasteiger partial charge >= 0.3 is 17.1 Å². The Labute approximate surface area is 190 Å². The molecule has 0 radical (unpaired) electrons. The Kier molecular flexibility index (Phi) is 5.86. The van der Waals surface area contributed by atoms with Crippen molar-refractivity contribution in [3.63, 3.8) is 0 Å². The zero-order valence-corrected chi connectivity index (χ0v) is 19.9. The normalized spacial score (nSPS) is 35.1. The van der Waals surface area contributed by atoms with Gasteiger partial charge in [0.15, 0.2) is 10.1 Å². The van der Waals surface area contributed by atoms with Gasteiger partial charge in [-0.15, -0.1) is 0 Å². The summed E-state index contributed by atoms with van der Waals surface area (Å²) in [5.41, 5.74) is -5.11. The summed E-state index contributed by atoms with van der Waals surface area (Å²) < 4.78 is 90.8. The molecule has 0 saturated heterocycles. The maximum absolute atomic E-state index is 13.8. The topological polar surface area (TPSA) is 124 Å². The number of esters is 1. The maximum atomic E-state index is 13.8. The van der Waals surface area contributed by atoms with Crippen LogP contribution in [-0.4, -0.2) is 58.1 Å². The molecule has 0 aromatic heterocycles. The van der Waals surface area contributed by atoms with E-state index in [1.165, 1.54) is 0 Å². The van der Waals surface area contributed by atoms with E-state index in [0.29, 0.717) is 25.7 Å². The minimum Gasteiger partial charge on any atom is -0.743 e. The SMILES string of the molecule is CC(C)(O)C12CC3CC(C(=O)OCCC(F)(F)C(F)(F)S(=O)(=O)[O-])(C1)CC(C(C)(C)O)(C3)C2. The molecule has 4 aliphatic carbocycles. The van der Waals surface area contributed by atoms with Crippen LogP contribution in [0.15, 0.2) is 0 Å². The predicted molar refractivity (Wildman–Crippen MR) is 106 cm³/mol. The number of aliphatic hydroxyl groups is 2. The summed E-state index contributed by atoms with van der Waals surface area (Å²) in [4.78, 5) is 13.2. The Balaban J connectivity index is 1.85. The van der Waals surface area contributed by atoms with Crippen molar-refractivity contribution >= 4 is 16.1 Å². The average molecular weight is 504 g/mol. The summed E-state index contributed by atoms with van der Waals surface area (Å²) in [6.07, 6.45) is 0.591. The van der Waals surface area contributed by atoms with E-state index >= 15 is 0 Å². The number of hydrogen-bond acceptors (Lipinski definition) is 7. The quantitative estimate of drug-likeness (QED) is 0.296. The number of ether oxygens (including phenoxy) is 1. The second kappa shape index (κ2) is 7.27. The molecule has 12 heteroatoms. The van der Waals surface area contributed by atoms with Gasteiger partial charge in [-0.2, -0.15) is 17.6 Å². The molecule has 4 fully saturated rings. The monoisotopic (exact) mass is 503 g/mol. The van der Waals surface area contributed by atoms with Crippen LogP contribution in [0.1, 0.15) is 72.6 Å². The third-order valence-electron chi connectivity index (χ3n) is 8.49. The summed E-state index contributed by atoms with van der Waals surface area (Å²) in [7, 11) is -6.63. The molecule has 0 spiro atoms. The van der Waals surface area contributed by atoms with E-state index < -0.39 is 67.7 Å². The summed E-state index contributed by atoms with van der Waals surface area (Å²) in [5, 5.41) is 16.2.